The lowest BCUT2D eigenvalue weighted by Gasteiger charge is -2.32. The summed E-state index contributed by atoms with van der Waals surface area (Å²) in [6.45, 7) is 3.51. The number of carbonyl (C=O) groups is 1. The zero-order chi connectivity index (χ0) is 16.4. The van der Waals surface area contributed by atoms with Gasteiger partial charge in [0.2, 0.25) is 0 Å². The van der Waals surface area contributed by atoms with E-state index in [1.807, 2.05) is 0 Å². The maximum absolute atomic E-state index is 12.6. The zero-order valence-corrected chi connectivity index (χ0v) is 13.4. The number of hydrogen-bond acceptors (Lipinski definition) is 2. The number of hydrogen-bond donors (Lipinski definition) is 0. The highest BCUT2D eigenvalue weighted by Gasteiger charge is 2.36. The van der Waals surface area contributed by atoms with Crippen molar-refractivity contribution in [2.45, 2.75) is 39.0 Å². The Kier molecular flexibility index (Phi) is 6.08. The van der Waals surface area contributed by atoms with Crippen LogP contribution in [0.25, 0.3) is 0 Å². The summed E-state index contributed by atoms with van der Waals surface area (Å²) in [5.41, 5.74) is 0.168. The molecule has 0 radical (unpaired) electrons. The number of Topliss-reactive ketones (excluding diaryl/α,β-unsaturated/α-hetero) is 1. The molecule has 21 heavy (non-hydrogen) atoms. The first-order chi connectivity index (χ1) is 9.53. The van der Waals surface area contributed by atoms with E-state index in [4.69, 9.17) is 23.2 Å². The van der Waals surface area contributed by atoms with Gasteiger partial charge in [-0.1, -0.05) is 23.2 Å². The third kappa shape index (κ3) is 5.16. The second kappa shape index (κ2) is 6.99. The molecule has 1 aromatic rings. The molecule has 0 aromatic heterocycles. The summed E-state index contributed by atoms with van der Waals surface area (Å²) in [6.07, 6.45) is -4.37. The topological polar surface area (TPSA) is 20.3 Å². The van der Waals surface area contributed by atoms with Crippen LogP contribution in [0.3, 0.4) is 0 Å². The number of alkyl halides is 3. The molecule has 0 aliphatic carbocycles. The molecular formula is C14H16Cl2F3NO. The number of halogens is 5. The van der Waals surface area contributed by atoms with Crippen molar-refractivity contribution >= 4 is 29.0 Å². The second-order valence-electron chi connectivity index (χ2n) is 5.05. The summed E-state index contributed by atoms with van der Waals surface area (Å²) in [7, 11) is 0. The molecule has 0 N–H and O–H groups in total. The van der Waals surface area contributed by atoms with Crippen LogP contribution >= 0.6 is 23.2 Å². The lowest BCUT2D eigenvalue weighted by molar-refractivity contribution is -0.152. The van der Waals surface area contributed by atoms with Gasteiger partial charge >= 0.3 is 6.18 Å². The SMILES string of the molecule is CC(C)N(CC(F)(F)F)C(C)C(=O)c1ccc(Cl)cc1Cl. The highest BCUT2D eigenvalue weighted by Crippen LogP contribution is 2.25. The molecule has 0 bridgehead atoms. The Hall–Kier alpha value is -0.780. The molecule has 0 spiro atoms. The minimum atomic E-state index is -4.37. The van der Waals surface area contributed by atoms with Gasteiger partial charge in [-0.15, -0.1) is 0 Å². The van der Waals surface area contributed by atoms with Crippen molar-refractivity contribution < 1.29 is 18.0 Å². The Morgan fingerprint density at radius 2 is 1.81 bits per heavy atom. The molecule has 0 saturated carbocycles. The Labute approximate surface area is 131 Å². The molecule has 0 aliphatic rings. The lowest BCUT2D eigenvalue weighted by atomic mass is 10.0. The van der Waals surface area contributed by atoms with Gasteiger partial charge in [-0.05, 0) is 39.0 Å². The third-order valence-electron chi connectivity index (χ3n) is 3.10. The predicted octanol–water partition coefficient (Wildman–Crippen LogP) is 4.84. The van der Waals surface area contributed by atoms with Gasteiger partial charge in [0, 0.05) is 16.6 Å². The molecule has 2 nitrogen and oxygen atoms in total. The summed E-state index contributed by atoms with van der Waals surface area (Å²) >= 11 is 11.7. The van der Waals surface area contributed by atoms with Crippen molar-refractivity contribution in [2.75, 3.05) is 6.54 Å². The number of nitrogens with zero attached hydrogens (tertiary/aromatic N) is 1. The van der Waals surface area contributed by atoms with Crippen LogP contribution in [0.1, 0.15) is 31.1 Å². The minimum absolute atomic E-state index is 0.134. The van der Waals surface area contributed by atoms with Crippen LogP contribution < -0.4 is 0 Å². The first-order valence-electron chi connectivity index (χ1n) is 6.34. The minimum Gasteiger partial charge on any atom is -0.292 e. The smallest absolute Gasteiger partial charge is 0.292 e. The second-order valence-corrected chi connectivity index (χ2v) is 5.89. The highest BCUT2D eigenvalue weighted by molar-refractivity contribution is 6.37. The van der Waals surface area contributed by atoms with Gasteiger partial charge in [0.05, 0.1) is 17.6 Å². The van der Waals surface area contributed by atoms with E-state index < -0.39 is 30.6 Å². The van der Waals surface area contributed by atoms with E-state index in [2.05, 4.69) is 0 Å². The van der Waals surface area contributed by atoms with Crippen LogP contribution in [-0.4, -0.2) is 35.5 Å². The van der Waals surface area contributed by atoms with Gasteiger partial charge in [0.15, 0.2) is 5.78 Å². The van der Waals surface area contributed by atoms with Crippen molar-refractivity contribution in [3.63, 3.8) is 0 Å². The van der Waals surface area contributed by atoms with Gasteiger partial charge in [-0.2, -0.15) is 13.2 Å². The van der Waals surface area contributed by atoms with Crippen molar-refractivity contribution in [1.82, 2.24) is 4.90 Å². The molecule has 1 unspecified atom stereocenters. The van der Waals surface area contributed by atoms with Crippen molar-refractivity contribution in [3.8, 4) is 0 Å². The van der Waals surface area contributed by atoms with Crippen LogP contribution in [0, 0.1) is 0 Å². The maximum Gasteiger partial charge on any atom is 0.401 e. The first kappa shape index (κ1) is 18.3. The van der Waals surface area contributed by atoms with Gasteiger partial charge in [-0.25, -0.2) is 0 Å². The van der Waals surface area contributed by atoms with Gasteiger partial charge in [0.1, 0.15) is 0 Å². The summed E-state index contributed by atoms with van der Waals surface area (Å²) in [4.78, 5) is 13.5. The molecule has 0 fully saturated rings. The fourth-order valence-corrected chi connectivity index (χ4v) is 2.54. The standard InChI is InChI=1S/C14H16Cl2F3NO/c1-8(2)20(7-14(17,18)19)9(3)13(21)11-5-4-10(15)6-12(11)16/h4-6,8-9H,7H2,1-3H3. The molecule has 7 heteroatoms. The number of ketones is 1. The largest absolute Gasteiger partial charge is 0.401 e. The van der Waals surface area contributed by atoms with Crippen LogP contribution in [-0.2, 0) is 0 Å². The first-order valence-corrected chi connectivity index (χ1v) is 7.10. The molecule has 0 amide bonds. The molecule has 1 aromatic carbocycles. The van der Waals surface area contributed by atoms with Crippen LogP contribution in [0.2, 0.25) is 10.0 Å². The maximum atomic E-state index is 12.6. The summed E-state index contributed by atoms with van der Waals surface area (Å²) in [5.74, 6) is -0.463. The summed E-state index contributed by atoms with van der Waals surface area (Å²) in [5, 5.41) is 0.496. The van der Waals surface area contributed by atoms with Crippen LogP contribution in [0.15, 0.2) is 18.2 Å². The van der Waals surface area contributed by atoms with E-state index in [0.29, 0.717) is 5.02 Å². The Morgan fingerprint density at radius 3 is 2.24 bits per heavy atom. The van der Waals surface area contributed by atoms with Gasteiger partial charge < -0.3 is 0 Å². The Bertz CT molecular complexity index is 517. The average Bonchev–Trinajstić information content (AvgIpc) is 2.33. The third-order valence-corrected chi connectivity index (χ3v) is 3.65. The number of benzene rings is 1. The Morgan fingerprint density at radius 1 is 1.24 bits per heavy atom. The van der Waals surface area contributed by atoms with Crippen LogP contribution in [0.4, 0.5) is 13.2 Å². The van der Waals surface area contributed by atoms with E-state index in [1.54, 1.807) is 13.8 Å². The normalized spacial score (nSPS) is 13.8. The molecule has 118 valence electrons. The molecule has 0 heterocycles. The quantitative estimate of drug-likeness (QED) is 0.714. The summed E-state index contributed by atoms with van der Waals surface area (Å²) in [6, 6.07) is 2.93. The zero-order valence-electron chi connectivity index (χ0n) is 11.8. The van der Waals surface area contributed by atoms with Gasteiger partial charge in [0.25, 0.3) is 0 Å². The van der Waals surface area contributed by atoms with E-state index in [-0.39, 0.29) is 10.6 Å². The van der Waals surface area contributed by atoms with Crippen molar-refractivity contribution in [1.29, 1.82) is 0 Å². The monoisotopic (exact) mass is 341 g/mol. The molecule has 1 rings (SSSR count). The average molecular weight is 342 g/mol. The Balaban J connectivity index is 3.03. The molecule has 0 saturated heterocycles. The van der Waals surface area contributed by atoms with E-state index in [0.717, 1.165) is 4.90 Å². The predicted molar refractivity (Wildman–Crippen MR) is 78.2 cm³/mol. The molecular weight excluding hydrogens is 326 g/mol. The fourth-order valence-electron chi connectivity index (χ4n) is 2.04. The van der Waals surface area contributed by atoms with Gasteiger partial charge in [-0.3, -0.25) is 9.69 Å². The van der Waals surface area contributed by atoms with Crippen LogP contribution in [0.5, 0.6) is 0 Å². The van der Waals surface area contributed by atoms with Crippen molar-refractivity contribution in [2.24, 2.45) is 0 Å². The van der Waals surface area contributed by atoms with Crippen molar-refractivity contribution in [3.05, 3.63) is 33.8 Å². The van der Waals surface area contributed by atoms with E-state index in [1.165, 1.54) is 25.1 Å². The molecule has 1 atom stereocenters. The van der Waals surface area contributed by atoms with E-state index in [9.17, 15) is 18.0 Å². The number of carbonyl (C=O) groups excluding carboxylic acids is 1. The van der Waals surface area contributed by atoms with E-state index >= 15 is 0 Å². The summed E-state index contributed by atoms with van der Waals surface area (Å²) < 4.78 is 37.9. The fraction of sp³-hybridized carbons (Fsp3) is 0.500. The highest BCUT2D eigenvalue weighted by atomic mass is 35.5. The lowest BCUT2D eigenvalue weighted by Crippen LogP contribution is -2.48. The number of rotatable bonds is 5. The molecule has 0 aliphatic heterocycles.